The van der Waals surface area contributed by atoms with E-state index in [4.69, 9.17) is 5.11 Å². The predicted octanol–water partition coefficient (Wildman–Crippen LogP) is -0.0103. The number of aliphatic carboxylic acids is 1. The molecule has 7 nitrogen and oxygen atoms in total. The van der Waals surface area contributed by atoms with Gasteiger partial charge in [-0.05, 0) is 28.1 Å². The lowest BCUT2D eigenvalue weighted by Crippen LogP contribution is -2.38. The molecule has 0 aromatic carbocycles. The minimum absolute atomic E-state index is 0.0698. The molecule has 1 aromatic heterocycles. The molecule has 100 valence electrons. The van der Waals surface area contributed by atoms with Crippen molar-refractivity contribution < 1.29 is 23.1 Å². The molecule has 0 aliphatic rings. The quantitative estimate of drug-likeness (QED) is 0.663. The third-order valence-electron chi connectivity index (χ3n) is 1.67. The first-order valence-electron chi connectivity index (χ1n) is 4.55. The molecule has 0 saturated heterocycles. The summed E-state index contributed by atoms with van der Waals surface area (Å²) in [5.41, 5.74) is 0. The largest absolute Gasteiger partial charge is 0.480 e. The zero-order valence-corrected chi connectivity index (χ0v) is 12.1. The summed E-state index contributed by atoms with van der Waals surface area (Å²) in [7, 11) is -3.74. The monoisotopic (exact) mass is 356 g/mol. The summed E-state index contributed by atoms with van der Waals surface area (Å²) in [6.45, 7) is -1.06. The molecule has 1 amide bonds. The van der Waals surface area contributed by atoms with Gasteiger partial charge in [0.15, 0.2) is 0 Å². The molecular weight excluding hydrogens is 348 g/mol. The van der Waals surface area contributed by atoms with E-state index in [2.05, 4.69) is 20.7 Å². The molecule has 1 rings (SSSR count). The van der Waals surface area contributed by atoms with Crippen molar-refractivity contribution in [3.63, 3.8) is 0 Å². The highest BCUT2D eigenvalue weighted by Gasteiger charge is 2.17. The average molecular weight is 357 g/mol. The van der Waals surface area contributed by atoms with Crippen LogP contribution in [0, 0.1) is 0 Å². The van der Waals surface area contributed by atoms with E-state index in [-0.39, 0.29) is 4.21 Å². The van der Waals surface area contributed by atoms with Crippen LogP contribution in [0.1, 0.15) is 0 Å². The Bertz CT molecular complexity index is 554. The number of carboxylic acid groups (broad SMARTS) is 1. The van der Waals surface area contributed by atoms with Gasteiger partial charge in [0, 0.05) is 0 Å². The van der Waals surface area contributed by atoms with E-state index in [0.717, 1.165) is 11.3 Å². The summed E-state index contributed by atoms with van der Waals surface area (Å²) >= 11 is 4.13. The van der Waals surface area contributed by atoms with Crippen LogP contribution in [-0.4, -0.2) is 38.5 Å². The standard InChI is InChI=1S/C8H9BrN2O5S2/c9-5-1-2-8(17-5)18(15,16)11-3-6(12)10-4-7(13)14/h1-2,11H,3-4H2,(H,10,12)(H,13,14). The Morgan fingerprint density at radius 1 is 1.33 bits per heavy atom. The smallest absolute Gasteiger partial charge is 0.322 e. The maximum absolute atomic E-state index is 11.7. The number of carbonyl (C=O) groups excluding carboxylic acids is 1. The highest BCUT2D eigenvalue weighted by atomic mass is 79.9. The molecule has 3 N–H and O–H groups in total. The Balaban J connectivity index is 2.52. The molecule has 1 heterocycles. The minimum atomic E-state index is -3.74. The van der Waals surface area contributed by atoms with Gasteiger partial charge >= 0.3 is 5.97 Å². The van der Waals surface area contributed by atoms with Crippen LogP contribution in [0.2, 0.25) is 0 Å². The van der Waals surface area contributed by atoms with Gasteiger partial charge in [-0.25, -0.2) is 13.1 Å². The lowest BCUT2D eigenvalue weighted by atomic mass is 10.5. The van der Waals surface area contributed by atoms with E-state index in [1.807, 2.05) is 5.32 Å². The first kappa shape index (κ1) is 15.1. The van der Waals surface area contributed by atoms with Crippen LogP contribution in [0.5, 0.6) is 0 Å². The van der Waals surface area contributed by atoms with Crippen molar-refractivity contribution in [2.75, 3.05) is 13.1 Å². The fraction of sp³-hybridized carbons (Fsp3) is 0.250. The fourth-order valence-electron chi connectivity index (χ4n) is 0.911. The van der Waals surface area contributed by atoms with Gasteiger partial charge < -0.3 is 10.4 Å². The molecule has 0 saturated carbocycles. The molecular formula is C8H9BrN2O5S2. The number of thiophene rings is 1. The van der Waals surface area contributed by atoms with E-state index in [1.165, 1.54) is 6.07 Å². The first-order chi connectivity index (χ1) is 8.31. The molecule has 0 atom stereocenters. The second-order valence-corrected chi connectivity index (χ2v) is 7.51. The van der Waals surface area contributed by atoms with E-state index in [9.17, 15) is 18.0 Å². The van der Waals surface area contributed by atoms with Crippen LogP contribution < -0.4 is 10.0 Å². The number of carboxylic acids is 1. The average Bonchev–Trinajstić information content (AvgIpc) is 2.71. The van der Waals surface area contributed by atoms with Gasteiger partial charge in [-0.1, -0.05) is 0 Å². The van der Waals surface area contributed by atoms with Crippen molar-refractivity contribution in [3.8, 4) is 0 Å². The van der Waals surface area contributed by atoms with Crippen LogP contribution in [0.4, 0.5) is 0 Å². The van der Waals surface area contributed by atoms with Gasteiger partial charge in [0.05, 0.1) is 10.3 Å². The first-order valence-corrected chi connectivity index (χ1v) is 7.64. The molecule has 0 unspecified atom stereocenters. The number of carbonyl (C=O) groups is 2. The zero-order chi connectivity index (χ0) is 13.8. The van der Waals surface area contributed by atoms with Crippen LogP contribution in [-0.2, 0) is 19.6 Å². The normalized spacial score (nSPS) is 11.2. The van der Waals surface area contributed by atoms with Crippen molar-refractivity contribution in [1.82, 2.24) is 10.0 Å². The van der Waals surface area contributed by atoms with Gasteiger partial charge in [-0.2, -0.15) is 0 Å². The molecule has 0 fully saturated rings. The number of hydrogen-bond donors (Lipinski definition) is 3. The molecule has 1 aromatic rings. The van der Waals surface area contributed by atoms with Crippen LogP contribution >= 0.6 is 27.3 Å². The second kappa shape index (κ2) is 6.27. The summed E-state index contributed by atoms with van der Waals surface area (Å²) in [6, 6.07) is 2.97. The summed E-state index contributed by atoms with van der Waals surface area (Å²) in [5, 5.41) is 10.4. The molecule has 18 heavy (non-hydrogen) atoms. The molecule has 10 heteroatoms. The van der Waals surface area contributed by atoms with Gasteiger partial charge in [0.2, 0.25) is 5.91 Å². The van der Waals surface area contributed by atoms with Crippen molar-refractivity contribution in [2.24, 2.45) is 0 Å². The van der Waals surface area contributed by atoms with E-state index >= 15 is 0 Å². The maximum Gasteiger partial charge on any atom is 0.322 e. The maximum atomic E-state index is 11.7. The summed E-state index contributed by atoms with van der Waals surface area (Å²) < 4.78 is 26.1. The molecule has 0 bridgehead atoms. The predicted molar refractivity (Wildman–Crippen MR) is 67.9 cm³/mol. The highest BCUT2D eigenvalue weighted by molar-refractivity contribution is 9.11. The summed E-state index contributed by atoms with van der Waals surface area (Å²) in [5.74, 6) is -1.91. The van der Waals surface area contributed by atoms with Crippen molar-refractivity contribution in [3.05, 3.63) is 15.9 Å². The molecule has 0 aliphatic heterocycles. The van der Waals surface area contributed by atoms with E-state index in [0.29, 0.717) is 3.79 Å². The van der Waals surface area contributed by atoms with Gasteiger partial charge in [-0.3, -0.25) is 9.59 Å². The van der Waals surface area contributed by atoms with Gasteiger partial charge in [0.1, 0.15) is 10.8 Å². The third-order valence-corrected chi connectivity index (χ3v) is 5.19. The number of rotatable bonds is 6. The van der Waals surface area contributed by atoms with E-state index in [1.54, 1.807) is 6.07 Å². The Kier molecular flexibility index (Phi) is 5.26. The van der Waals surface area contributed by atoms with Crippen LogP contribution in [0.25, 0.3) is 0 Å². The number of halogens is 1. The van der Waals surface area contributed by atoms with Crippen molar-refractivity contribution in [1.29, 1.82) is 0 Å². The van der Waals surface area contributed by atoms with Crippen LogP contribution in [0.3, 0.4) is 0 Å². The highest BCUT2D eigenvalue weighted by Crippen LogP contribution is 2.25. The van der Waals surface area contributed by atoms with Gasteiger partial charge in [-0.15, -0.1) is 11.3 Å². The Morgan fingerprint density at radius 2 is 2.00 bits per heavy atom. The Hall–Kier alpha value is -0.970. The fourth-order valence-corrected chi connectivity index (χ4v) is 3.95. The summed E-state index contributed by atoms with van der Waals surface area (Å²) in [4.78, 5) is 21.3. The number of sulfonamides is 1. The van der Waals surface area contributed by atoms with Crippen molar-refractivity contribution >= 4 is 49.2 Å². The topological polar surface area (TPSA) is 113 Å². The third kappa shape index (κ3) is 4.72. The summed E-state index contributed by atoms with van der Waals surface area (Å²) in [6.07, 6.45) is 0. The minimum Gasteiger partial charge on any atom is -0.480 e. The van der Waals surface area contributed by atoms with Crippen LogP contribution in [0.15, 0.2) is 20.1 Å². The second-order valence-electron chi connectivity index (χ2n) is 3.05. The number of amides is 1. The van der Waals surface area contributed by atoms with Gasteiger partial charge in [0.25, 0.3) is 10.0 Å². The number of hydrogen-bond acceptors (Lipinski definition) is 5. The SMILES string of the molecule is O=C(O)CNC(=O)CNS(=O)(=O)c1ccc(Br)s1. The number of nitrogens with one attached hydrogen (secondary N) is 2. The Labute approximate surface area is 115 Å². The Morgan fingerprint density at radius 3 is 2.50 bits per heavy atom. The molecule has 0 radical (unpaired) electrons. The lowest BCUT2D eigenvalue weighted by molar-refractivity contribution is -0.137. The molecule has 0 aliphatic carbocycles. The zero-order valence-electron chi connectivity index (χ0n) is 8.84. The van der Waals surface area contributed by atoms with Crippen molar-refractivity contribution in [2.45, 2.75) is 4.21 Å². The van der Waals surface area contributed by atoms with E-state index < -0.39 is 35.0 Å². The molecule has 0 spiro atoms. The lowest BCUT2D eigenvalue weighted by Gasteiger charge is -2.04.